The van der Waals surface area contributed by atoms with Gasteiger partial charge in [-0.3, -0.25) is 4.79 Å². The van der Waals surface area contributed by atoms with Crippen LogP contribution in [0.4, 0.5) is 0 Å². The van der Waals surface area contributed by atoms with E-state index in [2.05, 4.69) is 12.2 Å². The van der Waals surface area contributed by atoms with Crippen molar-refractivity contribution in [2.75, 3.05) is 20.3 Å². The molecule has 0 aromatic heterocycles. The zero-order chi connectivity index (χ0) is 11.1. The van der Waals surface area contributed by atoms with Gasteiger partial charge in [-0.1, -0.05) is 19.8 Å². The summed E-state index contributed by atoms with van der Waals surface area (Å²) in [7, 11) is 1.68. The van der Waals surface area contributed by atoms with E-state index in [1.807, 2.05) is 0 Å². The molecule has 0 aromatic carbocycles. The van der Waals surface area contributed by atoms with Gasteiger partial charge in [0.05, 0.1) is 0 Å². The summed E-state index contributed by atoms with van der Waals surface area (Å²) in [5, 5.41) is 2.98. The zero-order valence-electron chi connectivity index (χ0n) is 9.92. The predicted octanol–water partition coefficient (Wildman–Crippen LogP) is 1.97. The van der Waals surface area contributed by atoms with Crippen LogP contribution in [0, 0.1) is 11.8 Å². The molecule has 88 valence electrons. The molecule has 0 spiro atoms. The maximum absolute atomic E-state index is 11.7. The largest absolute Gasteiger partial charge is 0.385 e. The number of hydrogen-bond acceptors (Lipinski definition) is 2. The SMILES string of the molecule is COCCCNC(=O)C(C)C1CCCC1. The lowest BCUT2D eigenvalue weighted by molar-refractivity contribution is -0.126. The van der Waals surface area contributed by atoms with Gasteiger partial charge in [-0.2, -0.15) is 0 Å². The van der Waals surface area contributed by atoms with E-state index >= 15 is 0 Å². The second-order valence-corrected chi connectivity index (χ2v) is 4.47. The minimum atomic E-state index is 0.190. The van der Waals surface area contributed by atoms with Gasteiger partial charge in [0.1, 0.15) is 0 Å². The molecule has 15 heavy (non-hydrogen) atoms. The number of amides is 1. The number of rotatable bonds is 6. The van der Waals surface area contributed by atoms with Crippen molar-refractivity contribution in [3.63, 3.8) is 0 Å². The lowest BCUT2D eigenvalue weighted by atomic mass is 9.92. The molecule has 1 fully saturated rings. The number of carbonyl (C=O) groups excluding carboxylic acids is 1. The third-order valence-corrected chi connectivity index (χ3v) is 3.34. The summed E-state index contributed by atoms with van der Waals surface area (Å²) in [5.74, 6) is 1.03. The fourth-order valence-corrected chi connectivity index (χ4v) is 2.26. The molecule has 0 heterocycles. The van der Waals surface area contributed by atoms with Crippen LogP contribution in [0.3, 0.4) is 0 Å². The maximum Gasteiger partial charge on any atom is 0.223 e. The normalized spacial score (nSPS) is 19.1. The van der Waals surface area contributed by atoms with Gasteiger partial charge in [-0.15, -0.1) is 0 Å². The van der Waals surface area contributed by atoms with Gasteiger partial charge in [0, 0.05) is 26.2 Å². The van der Waals surface area contributed by atoms with Gasteiger partial charge in [-0.25, -0.2) is 0 Å². The average Bonchev–Trinajstić information content (AvgIpc) is 2.76. The number of hydrogen-bond donors (Lipinski definition) is 1. The average molecular weight is 213 g/mol. The molecular formula is C12H23NO2. The lowest BCUT2D eigenvalue weighted by Crippen LogP contribution is -2.33. The summed E-state index contributed by atoms with van der Waals surface area (Å²) in [6.45, 7) is 3.52. The molecule has 1 unspecified atom stereocenters. The first-order valence-electron chi connectivity index (χ1n) is 6.02. The molecule has 3 nitrogen and oxygen atoms in total. The van der Waals surface area contributed by atoms with Crippen LogP contribution in [0.25, 0.3) is 0 Å². The molecule has 1 amide bonds. The lowest BCUT2D eigenvalue weighted by Gasteiger charge is -2.18. The molecule has 0 bridgehead atoms. The van der Waals surface area contributed by atoms with Gasteiger partial charge in [0.15, 0.2) is 0 Å². The first-order valence-corrected chi connectivity index (χ1v) is 6.02. The summed E-state index contributed by atoms with van der Waals surface area (Å²) in [5.41, 5.74) is 0. The van der Waals surface area contributed by atoms with Crippen molar-refractivity contribution in [1.82, 2.24) is 5.32 Å². The maximum atomic E-state index is 11.7. The van der Waals surface area contributed by atoms with Crippen molar-refractivity contribution in [2.24, 2.45) is 11.8 Å². The number of ether oxygens (including phenoxy) is 1. The van der Waals surface area contributed by atoms with Gasteiger partial charge in [0.2, 0.25) is 5.91 Å². The van der Waals surface area contributed by atoms with Crippen molar-refractivity contribution >= 4 is 5.91 Å². The van der Waals surface area contributed by atoms with Crippen LogP contribution in [-0.4, -0.2) is 26.2 Å². The fourth-order valence-electron chi connectivity index (χ4n) is 2.26. The van der Waals surface area contributed by atoms with Gasteiger partial charge in [-0.05, 0) is 25.2 Å². The van der Waals surface area contributed by atoms with Crippen molar-refractivity contribution in [1.29, 1.82) is 0 Å². The first-order chi connectivity index (χ1) is 7.25. The Kier molecular flexibility index (Phi) is 5.69. The van der Waals surface area contributed by atoms with Crippen molar-refractivity contribution in [2.45, 2.75) is 39.0 Å². The van der Waals surface area contributed by atoms with Crippen molar-refractivity contribution in [3.05, 3.63) is 0 Å². The quantitative estimate of drug-likeness (QED) is 0.685. The molecule has 1 atom stereocenters. The van der Waals surface area contributed by atoms with E-state index in [-0.39, 0.29) is 11.8 Å². The van der Waals surface area contributed by atoms with E-state index in [1.54, 1.807) is 7.11 Å². The van der Waals surface area contributed by atoms with E-state index in [1.165, 1.54) is 25.7 Å². The van der Waals surface area contributed by atoms with Gasteiger partial charge < -0.3 is 10.1 Å². The molecule has 1 rings (SSSR count). The summed E-state index contributed by atoms with van der Waals surface area (Å²) in [6, 6.07) is 0. The Labute approximate surface area is 92.6 Å². The number of carbonyl (C=O) groups is 1. The summed E-state index contributed by atoms with van der Waals surface area (Å²) in [6.07, 6.45) is 5.96. The summed E-state index contributed by atoms with van der Waals surface area (Å²) < 4.78 is 4.93. The molecule has 1 N–H and O–H groups in total. The Morgan fingerprint density at radius 3 is 2.73 bits per heavy atom. The van der Waals surface area contributed by atoms with Crippen LogP contribution in [0.5, 0.6) is 0 Å². The van der Waals surface area contributed by atoms with E-state index < -0.39 is 0 Å². The highest BCUT2D eigenvalue weighted by atomic mass is 16.5. The predicted molar refractivity (Wildman–Crippen MR) is 60.6 cm³/mol. The standard InChI is InChI=1S/C12H23NO2/c1-10(11-6-3-4-7-11)12(14)13-8-5-9-15-2/h10-11H,3-9H2,1-2H3,(H,13,14). The molecule has 1 aliphatic carbocycles. The van der Waals surface area contributed by atoms with Crippen LogP contribution >= 0.6 is 0 Å². The first kappa shape index (κ1) is 12.5. The third kappa shape index (κ3) is 4.20. The van der Waals surface area contributed by atoms with Crippen LogP contribution in [0.15, 0.2) is 0 Å². The highest BCUT2D eigenvalue weighted by Crippen LogP contribution is 2.31. The Bertz CT molecular complexity index is 188. The zero-order valence-corrected chi connectivity index (χ0v) is 9.92. The molecule has 1 aliphatic rings. The van der Waals surface area contributed by atoms with Crippen LogP contribution in [-0.2, 0) is 9.53 Å². The van der Waals surface area contributed by atoms with Crippen LogP contribution < -0.4 is 5.32 Å². The second kappa shape index (κ2) is 6.83. The van der Waals surface area contributed by atoms with Crippen LogP contribution in [0.2, 0.25) is 0 Å². The smallest absolute Gasteiger partial charge is 0.223 e. The summed E-state index contributed by atoms with van der Waals surface area (Å²) in [4.78, 5) is 11.7. The van der Waals surface area contributed by atoms with Crippen molar-refractivity contribution in [3.8, 4) is 0 Å². The van der Waals surface area contributed by atoms with E-state index in [9.17, 15) is 4.79 Å². The summed E-state index contributed by atoms with van der Waals surface area (Å²) >= 11 is 0. The minimum absolute atomic E-state index is 0.190. The highest BCUT2D eigenvalue weighted by molar-refractivity contribution is 5.78. The van der Waals surface area contributed by atoms with E-state index in [0.717, 1.165) is 19.6 Å². The fraction of sp³-hybridized carbons (Fsp3) is 0.917. The Morgan fingerprint density at radius 2 is 2.13 bits per heavy atom. The van der Waals surface area contributed by atoms with Crippen molar-refractivity contribution < 1.29 is 9.53 Å². The number of nitrogens with one attached hydrogen (secondary N) is 1. The Morgan fingerprint density at radius 1 is 1.47 bits per heavy atom. The molecule has 0 saturated heterocycles. The molecule has 0 radical (unpaired) electrons. The van der Waals surface area contributed by atoms with Crippen LogP contribution in [0.1, 0.15) is 39.0 Å². The monoisotopic (exact) mass is 213 g/mol. The molecule has 0 aliphatic heterocycles. The topological polar surface area (TPSA) is 38.3 Å². The van der Waals surface area contributed by atoms with Gasteiger partial charge in [0.25, 0.3) is 0 Å². The van der Waals surface area contributed by atoms with E-state index in [0.29, 0.717) is 5.92 Å². The highest BCUT2D eigenvalue weighted by Gasteiger charge is 2.26. The minimum Gasteiger partial charge on any atom is -0.385 e. The van der Waals surface area contributed by atoms with E-state index in [4.69, 9.17) is 4.74 Å². The Balaban J connectivity index is 2.14. The molecular weight excluding hydrogens is 190 g/mol. The third-order valence-electron chi connectivity index (χ3n) is 3.34. The molecule has 0 aromatic rings. The molecule has 3 heteroatoms. The molecule has 1 saturated carbocycles. The second-order valence-electron chi connectivity index (χ2n) is 4.47. The number of methoxy groups -OCH3 is 1. The van der Waals surface area contributed by atoms with Gasteiger partial charge >= 0.3 is 0 Å². The Hall–Kier alpha value is -0.570.